The SMILES string of the molecule is [CH2]CCC(CC(=O)[C]1OC2CCC1CC2c1ccccc1)c1ccccc1. The van der Waals surface area contributed by atoms with Gasteiger partial charge in [-0.2, -0.15) is 0 Å². The van der Waals surface area contributed by atoms with Gasteiger partial charge in [0.2, 0.25) is 0 Å². The van der Waals surface area contributed by atoms with E-state index >= 15 is 0 Å². The molecular formula is C25H28O2. The summed E-state index contributed by atoms with van der Waals surface area (Å²) in [6.45, 7) is 4.00. The predicted molar refractivity (Wildman–Crippen MR) is 108 cm³/mol. The summed E-state index contributed by atoms with van der Waals surface area (Å²) in [5, 5.41) is 0. The second-order valence-corrected chi connectivity index (χ2v) is 7.92. The van der Waals surface area contributed by atoms with Crippen LogP contribution in [0.25, 0.3) is 0 Å². The van der Waals surface area contributed by atoms with Crippen LogP contribution in [-0.2, 0) is 9.53 Å². The Morgan fingerprint density at radius 3 is 2.37 bits per heavy atom. The van der Waals surface area contributed by atoms with E-state index < -0.39 is 0 Å². The second-order valence-electron chi connectivity index (χ2n) is 7.92. The summed E-state index contributed by atoms with van der Waals surface area (Å²) < 4.78 is 6.28. The summed E-state index contributed by atoms with van der Waals surface area (Å²) in [4.78, 5) is 13.1. The molecule has 2 aromatic carbocycles. The summed E-state index contributed by atoms with van der Waals surface area (Å²) in [6.07, 6.45) is 6.40. The van der Waals surface area contributed by atoms with Crippen LogP contribution in [0.15, 0.2) is 60.7 Å². The maximum absolute atomic E-state index is 13.1. The molecule has 3 fully saturated rings. The molecule has 27 heavy (non-hydrogen) atoms. The van der Waals surface area contributed by atoms with Crippen LogP contribution in [0.3, 0.4) is 0 Å². The molecule has 2 aromatic rings. The molecule has 2 aliphatic heterocycles. The summed E-state index contributed by atoms with van der Waals surface area (Å²) in [5.74, 6) is 1.14. The molecule has 1 saturated carbocycles. The number of fused-ring (bicyclic) bond motifs is 3. The topological polar surface area (TPSA) is 26.3 Å². The normalized spacial score (nSPS) is 26.0. The molecule has 0 aromatic heterocycles. The van der Waals surface area contributed by atoms with Crippen molar-refractivity contribution in [1.29, 1.82) is 0 Å². The zero-order valence-corrected chi connectivity index (χ0v) is 15.8. The third kappa shape index (κ3) is 4.01. The summed E-state index contributed by atoms with van der Waals surface area (Å²) in [6, 6.07) is 21.0. The zero-order valence-electron chi connectivity index (χ0n) is 15.8. The van der Waals surface area contributed by atoms with Gasteiger partial charge in [0, 0.05) is 12.3 Å². The molecule has 0 amide bonds. The summed E-state index contributed by atoms with van der Waals surface area (Å²) >= 11 is 0. The first-order valence-electron chi connectivity index (χ1n) is 10.2. The monoisotopic (exact) mass is 360 g/mol. The fraction of sp³-hybridized carbons (Fsp3) is 0.400. The Balaban J connectivity index is 1.44. The van der Waals surface area contributed by atoms with Gasteiger partial charge in [-0.15, -0.1) is 0 Å². The van der Waals surface area contributed by atoms with Crippen LogP contribution in [0.4, 0.5) is 0 Å². The highest BCUT2D eigenvalue weighted by Crippen LogP contribution is 2.49. The Kier molecular flexibility index (Phi) is 5.73. The predicted octanol–water partition coefficient (Wildman–Crippen LogP) is 5.86. The van der Waals surface area contributed by atoms with Gasteiger partial charge < -0.3 is 4.74 Å². The summed E-state index contributed by atoms with van der Waals surface area (Å²) in [5.41, 5.74) is 2.58. The van der Waals surface area contributed by atoms with E-state index in [1.807, 2.05) is 18.2 Å². The smallest absolute Gasteiger partial charge is 0.169 e. The minimum atomic E-state index is 0.152. The Hall–Kier alpha value is -1.93. The van der Waals surface area contributed by atoms with Gasteiger partial charge in [-0.05, 0) is 48.6 Å². The average Bonchev–Trinajstić information content (AvgIpc) is 2.75. The number of carbonyl (C=O) groups is 1. The molecule has 2 heterocycles. The maximum atomic E-state index is 13.1. The first-order chi connectivity index (χ1) is 13.3. The number of rotatable bonds is 7. The molecule has 4 atom stereocenters. The lowest BCUT2D eigenvalue weighted by atomic mass is 9.69. The highest BCUT2D eigenvalue weighted by molar-refractivity contribution is 5.91. The van der Waals surface area contributed by atoms with Crippen molar-refractivity contribution in [2.45, 2.75) is 56.5 Å². The fourth-order valence-corrected chi connectivity index (χ4v) is 4.81. The van der Waals surface area contributed by atoms with E-state index in [1.54, 1.807) is 0 Å². The van der Waals surface area contributed by atoms with Crippen molar-refractivity contribution in [3.63, 3.8) is 0 Å². The zero-order chi connectivity index (χ0) is 18.6. The van der Waals surface area contributed by atoms with Crippen molar-refractivity contribution >= 4 is 5.78 Å². The van der Waals surface area contributed by atoms with Gasteiger partial charge in [0.25, 0.3) is 0 Å². The number of hydrogen-bond donors (Lipinski definition) is 0. The van der Waals surface area contributed by atoms with Crippen LogP contribution in [0.5, 0.6) is 0 Å². The Morgan fingerprint density at radius 1 is 1.04 bits per heavy atom. The Bertz CT molecular complexity index is 739. The molecule has 2 heteroatoms. The van der Waals surface area contributed by atoms with Crippen LogP contribution in [0.2, 0.25) is 0 Å². The van der Waals surface area contributed by atoms with Crippen LogP contribution in [-0.4, -0.2) is 11.9 Å². The van der Waals surface area contributed by atoms with E-state index in [-0.39, 0.29) is 23.7 Å². The molecule has 0 spiro atoms. The quantitative estimate of drug-likeness (QED) is 0.618. The Morgan fingerprint density at radius 2 is 1.74 bits per heavy atom. The largest absolute Gasteiger partial charge is 0.359 e. The molecule has 140 valence electrons. The van der Waals surface area contributed by atoms with Gasteiger partial charge in [-0.3, -0.25) is 4.79 Å². The number of ether oxygens (including phenoxy) is 1. The van der Waals surface area contributed by atoms with E-state index in [0.717, 1.165) is 38.2 Å². The lowest BCUT2D eigenvalue weighted by Gasteiger charge is -2.46. The van der Waals surface area contributed by atoms with Crippen molar-refractivity contribution in [3.05, 3.63) is 84.8 Å². The van der Waals surface area contributed by atoms with Gasteiger partial charge in [-0.25, -0.2) is 0 Å². The van der Waals surface area contributed by atoms with E-state index in [4.69, 9.17) is 4.74 Å². The van der Waals surface area contributed by atoms with E-state index in [0.29, 0.717) is 12.3 Å². The molecule has 5 rings (SSSR count). The van der Waals surface area contributed by atoms with Crippen molar-refractivity contribution in [2.24, 2.45) is 5.92 Å². The molecule has 2 radical (unpaired) electrons. The number of hydrogen-bond acceptors (Lipinski definition) is 2. The number of benzene rings is 2. The maximum Gasteiger partial charge on any atom is 0.169 e. The second kappa shape index (κ2) is 8.39. The first kappa shape index (κ1) is 18.4. The highest BCUT2D eigenvalue weighted by Gasteiger charge is 2.46. The number of Topliss-reactive ketones (excluding diaryl/α,β-unsaturated/α-hetero) is 1. The Labute approximate surface area is 162 Å². The number of carbonyl (C=O) groups excluding carboxylic acids is 1. The molecule has 2 bridgehead atoms. The lowest BCUT2D eigenvalue weighted by Crippen LogP contribution is -2.44. The number of ketones is 1. The van der Waals surface area contributed by atoms with Crippen LogP contribution >= 0.6 is 0 Å². The van der Waals surface area contributed by atoms with E-state index in [2.05, 4.69) is 49.4 Å². The van der Waals surface area contributed by atoms with E-state index in [9.17, 15) is 4.79 Å². The lowest BCUT2D eigenvalue weighted by molar-refractivity contribution is -0.138. The van der Waals surface area contributed by atoms with Crippen molar-refractivity contribution in [1.82, 2.24) is 0 Å². The van der Waals surface area contributed by atoms with E-state index in [1.165, 1.54) is 11.1 Å². The third-order valence-corrected chi connectivity index (χ3v) is 6.19. The van der Waals surface area contributed by atoms with Gasteiger partial charge in [0.1, 0.15) is 0 Å². The van der Waals surface area contributed by atoms with Gasteiger partial charge in [0.15, 0.2) is 11.9 Å². The van der Waals surface area contributed by atoms with Gasteiger partial charge >= 0.3 is 0 Å². The first-order valence-corrected chi connectivity index (χ1v) is 10.2. The average molecular weight is 360 g/mol. The van der Waals surface area contributed by atoms with Crippen molar-refractivity contribution < 1.29 is 9.53 Å². The minimum Gasteiger partial charge on any atom is -0.359 e. The van der Waals surface area contributed by atoms with Crippen molar-refractivity contribution in [3.8, 4) is 0 Å². The van der Waals surface area contributed by atoms with Crippen LogP contribution in [0.1, 0.15) is 61.5 Å². The van der Waals surface area contributed by atoms with Gasteiger partial charge in [-0.1, -0.05) is 74.0 Å². The molecule has 2 saturated heterocycles. The summed E-state index contributed by atoms with van der Waals surface area (Å²) in [7, 11) is 0. The van der Waals surface area contributed by atoms with Crippen LogP contribution < -0.4 is 0 Å². The minimum absolute atomic E-state index is 0.152. The molecule has 0 N–H and O–H groups in total. The van der Waals surface area contributed by atoms with Crippen LogP contribution in [0, 0.1) is 18.9 Å². The third-order valence-electron chi connectivity index (χ3n) is 6.19. The molecular weight excluding hydrogens is 332 g/mol. The fourth-order valence-electron chi connectivity index (χ4n) is 4.81. The molecule has 2 nitrogen and oxygen atoms in total. The van der Waals surface area contributed by atoms with Gasteiger partial charge in [0.05, 0.1) is 6.10 Å². The highest BCUT2D eigenvalue weighted by atomic mass is 16.5. The molecule has 4 unspecified atom stereocenters. The standard InChI is InChI=1S/C25H28O2/c1-2-9-20(18-10-5-3-6-11-18)17-23(26)25-21-14-15-24(27-25)22(16-21)19-12-7-4-8-13-19/h3-8,10-13,20-22,24H,1-2,9,14-17H2. The van der Waals surface area contributed by atoms with Crippen molar-refractivity contribution in [2.75, 3.05) is 0 Å². The molecule has 3 aliphatic rings. The molecule has 1 aliphatic carbocycles.